The maximum Gasteiger partial charge on any atom is 0.408 e. The van der Waals surface area contributed by atoms with Gasteiger partial charge in [-0.3, -0.25) is 19.7 Å². The molecule has 55 heavy (non-hydrogen) atoms. The molecule has 0 saturated carbocycles. The Morgan fingerprint density at radius 2 is 1.05 bits per heavy atom. The number of carbonyl (C=O) groups is 4. The lowest BCUT2D eigenvalue weighted by atomic mass is 9.93. The number of hydrogen-bond acceptors (Lipinski definition) is 8. The van der Waals surface area contributed by atoms with Crippen molar-refractivity contribution in [3.8, 4) is 5.75 Å². The van der Waals surface area contributed by atoms with Gasteiger partial charge in [-0.1, -0.05) is 131 Å². The van der Waals surface area contributed by atoms with Gasteiger partial charge in [0.25, 0.3) is 0 Å². The second kappa shape index (κ2) is 21.2. The van der Waals surface area contributed by atoms with Crippen molar-refractivity contribution in [2.75, 3.05) is 0 Å². The summed E-state index contributed by atoms with van der Waals surface area (Å²) in [6.07, 6.45) is -2.18. The normalized spacial score (nSPS) is 13.9. The molecule has 0 fully saturated rings. The van der Waals surface area contributed by atoms with Crippen LogP contribution in [0.15, 0.2) is 115 Å². The van der Waals surface area contributed by atoms with Gasteiger partial charge in [0.05, 0.1) is 12.1 Å². The number of nitrogens with one attached hydrogen (secondary N) is 5. The van der Waals surface area contributed by atoms with Crippen molar-refractivity contribution in [1.82, 2.24) is 26.6 Å². The molecule has 0 aliphatic rings. The number of hydrogen-bond donors (Lipinski definition) is 7. The molecule has 0 aliphatic heterocycles. The van der Waals surface area contributed by atoms with E-state index in [1.807, 2.05) is 105 Å². The Morgan fingerprint density at radius 3 is 1.62 bits per heavy atom. The molecule has 292 valence electrons. The average Bonchev–Trinajstić information content (AvgIpc) is 3.18. The number of aliphatic hydroxyl groups is 1. The first-order chi connectivity index (χ1) is 26.4. The Balaban J connectivity index is 1.57. The molecule has 12 heteroatoms. The number of alkyl carbamates (subject to hydrolysis) is 1. The van der Waals surface area contributed by atoms with E-state index in [9.17, 15) is 29.4 Å². The monoisotopic (exact) mass is 751 g/mol. The van der Waals surface area contributed by atoms with Gasteiger partial charge in [-0.2, -0.15) is 0 Å². The van der Waals surface area contributed by atoms with Crippen LogP contribution >= 0.6 is 0 Å². The standard InChI is InChI=1S/C43H53N5O7/c1-28(2)36(40(51)45-26-31-16-10-6-11-17-31)47-42(53)38(44-25-32-20-22-34(49)23-21-32)39(50)35(24-30-14-8-5-9-15-30)46-41(52)37(29(3)4)48-43(54)55-27-33-18-12-7-13-19-33/h5-23,28-29,35-39,44,49-50H,24-27H2,1-4H3,(H,45,51)(H,46,52)(H,47,53)(H,48,54)/t35-,36-,37-,38+,39+/m0/s1. The molecule has 7 N–H and O–H groups in total. The van der Waals surface area contributed by atoms with E-state index in [2.05, 4.69) is 26.6 Å². The molecule has 5 atom stereocenters. The van der Waals surface area contributed by atoms with Gasteiger partial charge in [-0.25, -0.2) is 4.79 Å². The summed E-state index contributed by atoms with van der Waals surface area (Å²) in [5, 5.41) is 36.4. The summed E-state index contributed by atoms with van der Waals surface area (Å²) >= 11 is 0. The predicted molar refractivity (Wildman–Crippen MR) is 210 cm³/mol. The molecule has 0 radical (unpaired) electrons. The number of aliphatic hydroxyl groups excluding tert-OH is 1. The summed E-state index contributed by atoms with van der Waals surface area (Å²) in [4.78, 5) is 54.5. The smallest absolute Gasteiger partial charge is 0.408 e. The van der Waals surface area contributed by atoms with Crippen molar-refractivity contribution in [3.05, 3.63) is 138 Å². The summed E-state index contributed by atoms with van der Waals surface area (Å²) < 4.78 is 5.39. The molecule has 4 rings (SSSR count). The lowest BCUT2D eigenvalue weighted by Crippen LogP contribution is -2.63. The fraction of sp³-hybridized carbons (Fsp3) is 0.349. The molecule has 4 aromatic rings. The molecular formula is C43H53N5O7. The third-order valence-corrected chi connectivity index (χ3v) is 9.12. The van der Waals surface area contributed by atoms with E-state index < -0.39 is 54.1 Å². The third kappa shape index (κ3) is 13.6. The number of phenolic OH excluding ortho intramolecular Hbond substituents is 1. The van der Waals surface area contributed by atoms with Gasteiger partial charge in [-0.15, -0.1) is 0 Å². The van der Waals surface area contributed by atoms with Crippen molar-refractivity contribution >= 4 is 23.8 Å². The molecule has 0 unspecified atom stereocenters. The van der Waals surface area contributed by atoms with Crippen LogP contribution < -0.4 is 26.6 Å². The van der Waals surface area contributed by atoms with Gasteiger partial charge in [-0.05, 0) is 52.6 Å². The van der Waals surface area contributed by atoms with Crippen LogP contribution in [0.3, 0.4) is 0 Å². The van der Waals surface area contributed by atoms with E-state index in [1.54, 1.807) is 26.0 Å². The second-order valence-corrected chi connectivity index (χ2v) is 14.2. The summed E-state index contributed by atoms with van der Waals surface area (Å²) in [6, 6.07) is 29.8. The van der Waals surface area contributed by atoms with Gasteiger partial charge in [0, 0.05) is 13.1 Å². The van der Waals surface area contributed by atoms with Gasteiger partial charge in [0.15, 0.2) is 0 Å². The molecular weight excluding hydrogens is 699 g/mol. The third-order valence-electron chi connectivity index (χ3n) is 9.12. The Hall–Kier alpha value is -5.72. The minimum Gasteiger partial charge on any atom is -0.508 e. The zero-order chi connectivity index (χ0) is 39.7. The maximum absolute atomic E-state index is 14.2. The molecule has 12 nitrogen and oxygen atoms in total. The number of rotatable bonds is 19. The van der Waals surface area contributed by atoms with Crippen molar-refractivity contribution in [2.24, 2.45) is 11.8 Å². The highest BCUT2D eigenvalue weighted by Gasteiger charge is 2.38. The minimum atomic E-state index is -1.53. The molecule has 0 bridgehead atoms. The van der Waals surface area contributed by atoms with E-state index >= 15 is 0 Å². The van der Waals surface area contributed by atoms with Gasteiger partial charge in [0.1, 0.15) is 30.5 Å². The van der Waals surface area contributed by atoms with Crippen molar-refractivity contribution in [2.45, 2.75) is 84.1 Å². The molecule has 0 aromatic heterocycles. The van der Waals surface area contributed by atoms with E-state index in [1.165, 1.54) is 12.1 Å². The molecule has 0 aliphatic carbocycles. The van der Waals surface area contributed by atoms with E-state index in [0.717, 1.165) is 16.7 Å². The number of benzene rings is 4. The highest BCUT2D eigenvalue weighted by Crippen LogP contribution is 2.15. The lowest BCUT2D eigenvalue weighted by molar-refractivity contribution is -0.134. The summed E-state index contributed by atoms with van der Waals surface area (Å²) in [5.74, 6) is -2.24. The number of aromatic hydroxyl groups is 1. The first-order valence-corrected chi connectivity index (χ1v) is 18.5. The summed E-state index contributed by atoms with van der Waals surface area (Å²) in [7, 11) is 0. The molecule has 0 saturated heterocycles. The summed E-state index contributed by atoms with van der Waals surface area (Å²) in [6.45, 7) is 7.55. The van der Waals surface area contributed by atoms with Crippen LogP contribution in [0.5, 0.6) is 5.75 Å². The number of phenols is 1. The van der Waals surface area contributed by atoms with Crippen LogP contribution in [0.1, 0.15) is 49.9 Å². The van der Waals surface area contributed by atoms with E-state index in [-0.39, 0.29) is 43.7 Å². The van der Waals surface area contributed by atoms with Crippen LogP contribution in [-0.4, -0.2) is 64.3 Å². The van der Waals surface area contributed by atoms with Crippen molar-refractivity contribution in [3.63, 3.8) is 0 Å². The lowest BCUT2D eigenvalue weighted by Gasteiger charge is -2.33. The average molecular weight is 752 g/mol. The Labute approximate surface area is 323 Å². The fourth-order valence-corrected chi connectivity index (χ4v) is 5.94. The van der Waals surface area contributed by atoms with E-state index in [0.29, 0.717) is 5.56 Å². The minimum absolute atomic E-state index is 0.0135. The molecule has 4 amide bonds. The maximum atomic E-state index is 14.2. The van der Waals surface area contributed by atoms with E-state index in [4.69, 9.17) is 4.74 Å². The highest BCUT2D eigenvalue weighted by atomic mass is 16.5. The van der Waals surface area contributed by atoms with Crippen LogP contribution in [-0.2, 0) is 45.2 Å². The Bertz CT molecular complexity index is 1790. The van der Waals surface area contributed by atoms with Crippen molar-refractivity contribution < 1.29 is 34.1 Å². The van der Waals surface area contributed by atoms with Gasteiger partial charge in [0.2, 0.25) is 17.7 Å². The van der Waals surface area contributed by atoms with Crippen LogP contribution in [0.4, 0.5) is 4.79 Å². The SMILES string of the molecule is CC(C)[C@H](NC(=O)OCc1ccccc1)C(=O)N[C@@H](Cc1ccccc1)[C@@H](O)[C@@H](NCc1ccc(O)cc1)C(=O)N[C@H](C(=O)NCc1ccccc1)C(C)C. The summed E-state index contributed by atoms with van der Waals surface area (Å²) in [5.41, 5.74) is 3.17. The number of carbonyl (C=O) groups excluding carboxylic acids is 4. The molecule has 4 aromatic carbocycles. The fourth-order valence-electron chi connectivity index (χ4n) is 5.94. The largest absolute Gasteiger partial charge is 0.508 e. The number of amides is 4. The predicted octanol–water partition coefficient (Wildman–Crippen LogP) is 4.35. The first kappa shape index (κ1) is 42.0. The quantitative estimate of drug-likeness (QED) is 0.0740. The van der Waals surface area contributed by atoms with Crippen LogP contribution in [0.2, 0.25) is 0 Å². The highest BCUT2D eigenvalue weighted by molar-refractivity contribution is 5.90. The Morgan fingerprint density at radius 1 is 0.564 bits per heavy atom. The number of ether oxygens (including phenoxy) is 1. The zero-order valence-corrected chi connectivity index (χ0v) is 31.8. The second-order valence-electron chi connectivity index (χ2n) is 14.2. The van der Waals surface area contributed by atoms with Crippen molar-refractivity contribution in [1.29, 1.82) is 0 Å². The zero-order valence-electron chi connectivity index (χ0n) is 31.8. The molecule has 0 heterocycles. The van der Waals surface area contributed by atoms with Crippen LogP contribution in [0.25, 0.3) is 0 Å². The van der Waals surface area contributed by atoms with Gasteiger partial charge < -0.3 is 36.2 Å². The van der Waals surface area contributed by atoms with Gasteiger partial charge >= 0.3 is 6.09 Å². The van der Waals surface area contributed by atoms with Crippen LogP contribution in [0, 0.1) is 11.8 Å². The topological polar surface area (TPSA) is 178 Å². The Kier molecular flexibility index (Phi) is 16.2. The molecule has 0 spiro atoms. The first-order valence-electron chi connectivity index (χ1n) is 18.5.